The number of hydrogen-bond acceptors (Lipinski definition) is 7. The Balaban J connectivity index is 1.82. The number of aryl methyl sites for hydroxylation is 1. The van der Waals surface area contributed by atoms with Crippen molar-refractivity contribution in [3.63, 3.8) is 0 Å². The number of hydrogen-bond donors (Lipinski definition) is 3. The number of nitro groups is 1. The predicted molar refractivity (Wildman–Crippen MR) is 83.6 cm³/mol. The third-order valence-corrected chi connectivity index (χ3v) is 2.99. The van der Waals surface area contributed by atoms with Crippen molar-refractivity contribution in [3.8, 4) is 0 Å². The van der Waals surface area contributed by atoms with E-state index < -0.39 is 10.6 Å². The lowest BCUT2D eigenvalue weighted by Crippen LogP contribution is -2.12. The van der Waals surface area contributed by atoms with Gasteiger partial charge in [0.25, 0.3) is 5.69 Å². The number of imidazole rings is 1. The van der Waals surface area contributed by atoms with Crippen molar-refractivity contribution in [1.29, 1.82) is 0 Å². The molecule has 0 radical (unpaired) electrons. The van der Waals surface area contributed by atoms with E-state index in [9.17, 15) is 14.9 Å². The van der Waals surface area contributed by atoms with E-state index >= 15 is 0 Å². The molecule has 2 heterocycles. The van der Waals surface area contributed by atoms with Crippen LogP contribution in [0, 0.1) is 17.0 Å². The summed E-state index contributed by atoms with van der Waals surface area (Å²) in [5.41, 5.74) is 3.69. The van der Waals surface area contributed by atoms with Crippen molar-refractivity contribution in [1.82, 2.24) is 19.9 Å². The van der Waals surface area contributed by atoms with Crippen molar-refractivity contribution < 1.29 is 4.92 Å². The van der Waals surface area contributed by atoms with Crippen LogP contribution in [0.15, 0.2) is 34.2 Å². The summed E-state index contributed by atoms with van der Waals surface area (Å²) in [5, 5.41) is 14.6. The van der Waals surface area contributed by atoms with E-state index in [4.69, 9.17) is 0 Å². The molecule has 1 aromatic carbocycles. The van der Waals surface area contributed by atoms with Gasteiger partial charge in [0.2, 0.25) is 0 Å². The Morgan fingerprint density at radius 3 is 2.70 bits per heavy atom. The molecule has 0 unspecified atom stereocenters. The third kappa shape index (κ3) is 3.05. The molecular weight excluding hydrogens is 302 g/mol. The summed E-state index contributed by atoms with van der Waals surface area (Å²) in [6.45, 7) is 1.75. The smallest absolute Gasteiger partial charge is 0.338 e. The predicted octanol–water partition coefficient (Wildman–Crippen LogP) is 1.31. The molecule has 0 saturated heterocycles. The van der Waals surface area contributed by atoms with Crippen molar-refractivity contribution in [2.75, 3.05) is 5.43 Å². The average Bonchev–Trinajstić information content (AvgIpc) is 2.88. The molecule has 0 aliphatic heterocycles. The van der Waals surface area contributed by atoms with Crippen LogP contribution in [0.1, 0.15) is 11.4 Å². The summed E-state index contributed by atoms with van der Waals surface area (Å²) in [6, 6.07) is 5.88. The highest BCUT2D eigenvalue weighted by molar-refractivity contribution is 5.84. The lowest BCUT2D eigenvalue weighted by atomic mass is 10.2. The van der Waals surface area contributed by atoms with Gasteiger partial charge in [0.1, 0.15) is 11.3 Å². The van der Waals surface area contributed by atoms with Gasteiger partial charge in [0, 0.05) is 12.1 Å². The second-order valence-corrected chi connectivity index (χ2v) is 4.66. The Hall–Kier alpha value is -3.56. The molecule has 23 heavy (non-hydrogen) atoms. The minimum atomic E-state index is -0.544. The molecule has 0 spiro atoms. The summed E-state index contributed by atoms with van der Waals surface area (Å²) in [5.74, 6) is 0.869. The number of fused-ring (bicyclic) bond motifs is 1. The topological polar surface area (TPSA) is 142 Å². The Bertz CT molecular complexity index is 956. The van der Waals surface area contributed by atoms with Crippen LogP contribution in [0.2, 0.25) is 0 Å². The molecule has 0 amide bonds. The van der Waals surface area contributed by atoms with Gasteiger partial charge in [-0.1, -0.05) is 0 Å². The third-order valence-electron chi connectivity index (χ3n) is 2.99. The second-order valence-electron chi connectivity index (χ2n) is 4.66. The lowest BCUT2D eigenvalue weighted by molar-refractivity contribution is -0.384. The summed E-state index contributed by atoms with van der Waals surface area (Å²) in [6.07, 6.45) is 1.46. The molecule has 0 fully saturated rings. The van der Waals surface area contributed by atoms with Crippen LogP contribution >= 0.6 is 0 Å². The fourth-order valence-corrected chi connectivity index (χ4v) is 1.97. The molecule has 3 rings (SSSR count). The maximum atomic E-state index is 11.5. The molecule has 2 aromatic heterocycles. The van der Waals surface area contributed by atoms with E-state index in [-0.39, 0.29) is 11.5 Å². The zero-order chi connectivity index (χ0) is 16.4. The van der Waals surface area contributed by atoms with Crippen LogP contribution in [0.3, 0.4) is 0 Å². The molecule has 10 heteroatoms. The van der Waals surface area contributed by atoms with Gasteiger partial charge in [-0.2, -0.15) is 10.1 Å². The largest absolute Gasteiger partial charge is 0.348 e. The van der Waals surface area contributed by atoms with Crippen LogP contribution in [-0.4, -0.2) is 31.1 Å². The minimum Gasteiger partial charge on any atom is -0.338 e. The standard InChI is InChI=1S/C13H11N7O3/c1-7-15-10-11(16-7)17-13(21)18-12(10)19-14-6-8-2-4-9(5-3-8)20(22)23/h2-6H,1H3,(H3,15,16,17,18,19,21). The number of anilines is 1. The zero-order valence-corrected chi connectivity index (χ0v) is 11.9. The normalized spacial score (nSPS) is 11.2. The summed E-state index contributed by atoms with van der Waals surface area (Å²) < 4.78 is 0. The molecule has 0 saturated carbocycles. The Morgan fingerprint density at radius 2 is 2.00 bits per heavy atom. The number of hydrazone groups is 1. The lowest BCUT2D eigenvalue weighted by Gasteiger charge is -1.99. The molecule has 0 bridgehead atoms. The first-order valence-electron chi connectivity index (χ1n) is 6.53. The highest BCUT2D eigenvalue weighted by Gasteiger charge is 2.08. The molecule has 0 aliphatic rings. The highest BCUT2D eigenvalue weighted by Crippen LogP contribution is 2.15. The average molecular weight is 313 g/mol. The number of rotatable bonds is 4. The van der Waals surface area contributed by atoms with E-state index in [1.807, 2.05) is 0 Å². The van der Waals surface area contributed by atoms with Gasteiger partial charge >= 0.3 is 5.69 Å². The Labute approximate surface area is 128 Å². The number of H-pyrrole nitrogens is 2. The monoisotopic (exact) mass is 313 g/mol. The zero-order valence-electron chi connectivity index (χ0n) is 11.9. The number of aromatic nitrogens is 4. The maximum absolute atomic E-state index is 11.5. The molecular formula is C13H11N7O3. The van der Waals surface area contributed by atoms with E-state index in [0.29, 0.717) is 22.6 Å². The highest BCUT2D eigenvalue weighted by atomic mass is 16.6. The molecule has 3 aromatic rings. The van der Waals surface area contributed by atoms with E-state index in [2.05, 4.69) is 30.5 Å². The van der Waals surface area contributed by atoms with Crippen LogP contribution in [-0.2, 0) is 0 Å². The van der Waals surface area contributed by atoms with Crippen molar-refractivity contribution >= 4 is 28.9 Å². The minimum absolute atomic E-state index is 0.000938. The molecule has 3 N–H and O–H groups in total. The summed E-state index contributed by atoms with van der Waals surface area (Å²) >= 11 is 0. The van der Waals surface area contributed by atoms with Gasteiger partial charge in [0.15, 0.2) is 11.5 Å². The fourth-order valence-electron chi connectivity index (χ4n) is 1.97. The van der Waals surface area contributed by atoms with E-state index in [0.717, 1.165) is 0 Å². The second kappa shape index (κ2) is 5.67. The number of nitro benzene ring substituents is 1. The van der Waals surface area contributed by atoms with Crippen LogP contribution in [0.25, 0.3) is 11.2 Å². The van der Waals surface area contributed by atoms with Crippen LogP contribution in [0.5, 0.6) is 0 Å². The van der Waals surface area contributed by atoms with Crippen LogP contribution < -0.4 is 11.1 Å². The molecule has 10 nitrogen and oxygen atoms in total. The van der Waals surface area contributed by atoms with Gasteiger partial charge in [0.05, 0.1) is 11.1 Å². The number of aromatic amines is 2. The summed E-state index contributed by atoms with van der Waals surface area (Å²) in [7, 11) is 0. The number of benzene rings is 1. The number of non-ortho nitro benzene ring substituents is 1. The maximum Gasteiger partial charge on any atom is 0.348 e. The number of nitrogens with one attached hydrogen (secondary N) is 3. The first kappa shape index (κ1) is 14.4. The van der Waals surface area contributed by atoms with Gasteiger partial charge in [-0.05, 0) is 24.6 Å². The first-order valence-corrected chi connectivity index (χ1v) is 6.53. The quantitative estimate of drug-likeness (QED) is 0.376. The van der Waals surface area contributed by atoms with Gasteiger partial charge < -0.3 is 4.98 Å². The number of nitrogens with zero attached hydrogens (tertiary/aromatic N) is 4. The van der Waals surface area contributed by atoms with Crippen molar-refractivity contribution in [2.45, 2.75) is 6.92 Å². The van der Waals surface area contributed by atoms with E-state index in [1.165, 1.54) is 18.3 Å². The van der Waals surface area contributed by atoms with Gasteiger partial charge in [-0.15, -0.1) is 0 Å². The van der Waals surface area contributed by atoms with Gasteiger partial charge in [-0.25, -0.2) is 9.78 Å². The molecule has 0 atom stereocenters. The van der Waals surface area contributed by atoms with E-state index in [1.54, 1.807) is 19.1 Å². The first-order chi connectivity index (χ1) is 11.0. The molecule has 116 valence electrons. The van der Waals surface area contributed by atoms with Crippen molar-refractivity contribution in [2.24, 2.45) is 5.10 Å². The van der Waals surface area contributed by atoms with Crippen molar-refractivity contribution in [3.05, 3.63) is 56.3 Å². The summed E-state index contributed by atoms with van der Waals surface area (Å²) in [4.78, 5) is 35.0. The Kier molecular flexibility index (Phi) is 3.55. The van der Waals surface area contributed by atoms with Gasteiger partial charge in [-0.3, -0.25) is 20.5 Å². The molecule has 0 aliphatic carbocycles. The Morgan fingerprint density at radius 1 is 1.26 bits per heavy atom. The fraction of sp³-hybridized carbons (Fsp3) is 0.0769. The SMILES string of the molecule is Cc1nc2[nH]c(=O)nc(NN=Cc3ccc([N+](=O)[O-])cc3)c2[nH]1. The van der Waals surface area contributed by atoms with Crippen LogP contribution in [0.4, 0.5) is 11.5 Å².